The van der Waals surface area contributed by atoms with E-state index in [2.05, 4.69) is 32.9 Å². The molecule has 0 aliphatic carbocycles. The SMILES string of the molecule is Cc1nc2cnc(N3CC4(CN(CC(F)F)C4)C3)c(C#N)c2c(=O)n1CC#Cc1ccc(Cl)cc1-c1ccnc2c(C(=O)O)csc12. The van der Waals surface area contributed by atoms with Gasteiger partial charge in [0.25, 0.3) is 12.0 Å². The average molecular weight is 672 g/mol. The molecule has 14 heteroatoms. The van der Waals surface area contributed by atoms with E-state index in [9.17, 15) is 28.7 Å². The molecule has 2 aliphatic rings. The highest BCUT2D eigenvalue weighted by Gasteiger charge is 2.52. The zero-order chi connectivity index (χ0) is 33.0. The van der Waals surface area contributed by atoms with Gasteiger partial charge in [0.15, 0.2) is 0 Å². The van der Waals surface area contributed by atoms with Crippen LogP contribution in [-0.4, -0.2) is 74.6 Å². The minimum atomic E-state index is -2.38. The van der Waals surface area contributed by atoms with Crippen LogP contribution in [0.2, 0.25) is 5.02 Å². The Bertz CT molecular complexity index is 2270. The first-order chi connectivity index (χ1) is 22.6. The fourth-order valence-electron chi connectivity index (χ4n) is 6.54. The zero-order valence-corrected chi connectivity index (χ0v) is 26.4. The number of aryl methyl sites for hydroxylation is 1. The Morgan fingerprint density at radius 1 is 1.19 bits per heavy atom. The number of halogens is 3. The number of aromatic carboxylic acids is 1. The predicted octanol–water partition coefficient (Wildman–Crippen LogP) is 5.04. The lowest BCUT2D eigenvalue weighted by Gasteiger charge is -2.60. The second-order valence-electron chi connectivity index (χ2n) is 11.8. The van der Waals surface area contributed by atoms with Gasteiger partial charge in [-0.05, 0) is 31.2 Å². The number of hydrogen-bond donors (Lipinski definition) is 1. The Hall–Kier alpha value is -4.95. The summed E-state index contributed by atoms with van der Waals surface area (Å²) in [6.07, 6.45) is 0.656. The number of carboxylic acid groups (broad SMARTS) is 1. The summed E-state index contributed by atoms with van der Waals surface area (Å²) >= 11 is 7.63. The van der Waals surface area contributed by atoms with Crippen LogP contribution in [0.3, 0.4) is 0 Å². The number of anilines is 1. The summed E-state index contributed by atoms with van der Waals surface area (Å²) in [6.45, 7) is 3.67. The van der Waals surface area contributed by atoms with Crippen molar-refractivity contribution >= 4 is 55.8 Å². The molecule has 2 saturated heterocycles. The largest absolute Gasteiger partial charge is 0.478 e. The third-order valence-corrected chi connectivity index (χ3v) is 9.80. The first-order valence-corrected chi connectivity index (χ1v) is 15.8. The van der Waals surface area contributed by atoms with Gasteiger partial charge < -0.3 is 10.0 Å². The van der Waals surface area contributed by atoms with Gasteiger partial charge >= 0.3 is 5.97 Å². The summed E-state index contributed by atoms with van der Waals surface area (Å²) in [4.78, 5) is 42.4. The zero-order valence-electron chi connectivity index (χ0n) is 24.8. The first kappa shape index (κ1) is 30.7. The molecule has 10 nitrogen and oxygen atoms in total. The van der Waals surface area contributed by atoms with Crippen LogP contribution in [0.4, 0.5) is 14.6 Å². The number of alkyl halides is 2. The molecule has 236 valence electrons. The van der Waals surface area contributed by atoms with E-state index >= 15 is 0 Å². The van der Waals surface area contributed by atoms with Crippen LogP contribution in [0.5, 0.6) is 0 Å². The molecular weight excluding hydrogens is 648 g/mol. The summed E-state index contributed by atoms with van der Waals surface area (Å²) in [5, 5.41) is 21.9. The molecule has 0 amide bonds. The molecule has 4 aromatic heterocycles. The molecule has 5 aromatic rings. The van der Waals surface area contributed by atoms with Crippen LogP contribution in [-0.2, 0) is 6.54 Å². The number of pyridine rings is 2. The van der Waals surface area contributed by atoms with E-state index in [1.54, 1.807) is 47.7 Å². The Balaban J connectivity index is 1.20. The number of nitrogens with zero attached hydrogens (tertiary/aromatic N) is 7. The van der Waals surface area contributed by atoms with Crippen LogP contribution in [0, 0.1) is 35.5 Å². The monoisotopic (exact) mass is 671 g/mol. The lowest BCUT2D eigenvalue weighted by molar-refractivity contribution is -0.0514. The molecule has 2 aliphatic heterocycles. The van der Waals surface area contributed by atoms with Crippen LogP contribution < -0.4 is 10.5 Å². The minimum Gasteiger partial charge on any atom is -0.478 e. The quantitative estimate of drug-likeness (QED) is 0.247. The smallest absolute Gasteiger partial charge is 0.338 e. The number of aromatic nitrogens is 4. The molecule has 0 saturated carbocycles. The average Bonchev–Trinajstić information content (AvgIpc) is 3.44. The Morgan fingerprint density at radius 2 is 1.98 bits per heavy atom. The molecule has 47 heavy (non-hydrogen) atoms. The third kappa shape index (κ3) is 5.36. The molecular formula is C33H24ClF2N7O3S. The normalized spacial score (nSPS) is 15.4. The van der Waals surface area contributed by atoms with E-state index in [0.29, 0.717) is 69.7 Å². The summed E-state index contributed by atoms with van der Waals surface area (Å²) in [5.74, 6) is 5.91. The number of thiophene rings is 1. The van der Waals surface area contributed by atoms with Crippen LogP contribution in [0.1, 0.15) is 27.3 Å². The molecule has 0 atom stereocenters. The minimum absolute atomic E-state index is 0.0150. The molecule has 1 spiro atoms. The maximum Gasteiger partial charge on any atom is 0.338 e. The van der Waals surface area contributed by atoms with Gasteiger partial charge in [-0.1, -0.05) is 23.4 Å². The number of rotatable bonds is 6. The van der Waals surface area contributed by atoms with Gasteiger partial charge in [-0.3, -0.25) is 19.2 Å². The number of fused-ring (bicyclic) bond motifs is 2. The standard InChI is InChI=1S/C33H24ClF2N7O3S/c1-18-40-25-11-39-30(42-16-33(17-42)14-41(15-33)12-26(35)36)23(10-37)27(25)31(44)43(18)8-2-3-19-4-5-20(34)9-22(19)21-6-7-38-28-24(32(45)46)13-47-29(21)28/h4-7,9,11,13,26H,8,12,14-17H2,1H3,(H,45,46). The van der Waals surface area contributed by atoms with Gasteiger partial charge in [0, 0.05) is 64.9 Å². The highest BCUT2D eigenvalue weighted by molar-refractivity contribution is 7.18. The lowest BCUT2D eigenvalue weighted by Crippen LogP contribution is -2.72. The second kappa shape index (κ2) is 11.7. The first-order valence-electron chi connectivity index (χ1n) is 14.5. The van der Waals surface area contributed by atoms with E-state index in [1.165, 1.54) is 22.1 Å². The molecule has 6 heterocycles. The van der Waals surface area contributed by atoms with Gasteiger partial charge in [0.05, 0.1) is 46.0 Å². The maximum atomic E-state index is 13.8. The summed E-state index contributed by atoms with van der Waals surface area (Å²) in [7, 11) is 0. The highest BCUT2D eigenvalue weighted by atomic mass is 35.5. The Labute approximate surface area is 275 Å². The summed E-state index contributed by atoms with van der Waals surface area (Å²) in [5.41, 5.74) is 2.43. The molecule has 0 radical (unpaired) electrons. The number of carbonyl (C=O) groups is 1. The van der Waals surface area contributed by atoms with Gasteiger partial charge in [-0.25, -0.2) is 23.5 Å². The van der Waals surface area contributed by atoms with Crippen molar-refractivity contribution in [1.82, 2.24) is 24.4 Å². The molecule has 1 N–H and O–H groups in total. The third-order valence-electron chi connectivity index (χ3n) is 8.57. The van der Waals surface area contributed by atoms with Crippen LogP contribution in [0.25, 0.3) is 32.2 Å². The molecule has 1 aromatic carbocycles. The van der Waals surface area contributed by atoms with Gasteiger partial charge in [-0.2, -0.15) is 5.26 Å². The van der Waals surface area contributed by atoms with Crippen molar-refractivity contribution in [3.8, 4) is 29.0 Å². The van der Waals surface area contributed by atoms with E-state index < -0.39 is 18.0 Å². The van der Waals surface area contributed by atoms with Crippen molar-refractivity contribution in [2.24, 2.45) is 5.41 Å². The Morgan fingerprint density at radius 3 is 2.70 bits per heavy atom. The molecule has 0 unspecified atom stereocenters. The van der Waals surface area contributed by atoms with Gasteiger partial charge in [0.1, 0.15) is 23.3 Å². The van der Waals surface area contributed by atoms with Gasteiger partial charge in [-0.15, -0.1) is 11.3 Å². The molecule has 2 fully saturated rings. The fourth-order valence-corrected chi connectivity index (χ4v) is 7.74. The van der Waals surface area contributed by atoms with Crippen LogP contribution in [0.15, 0.2) is 46.8 Å². The van der Waals surface area contributed by atoms with Crippen molar-refractivity contribution in [2.75, 3.05) is 37.6 Å². The number of nitriles is 1. The van der Waals surface area contributed by atoms with E-state index in [4.69, 9.17) is 11.6 Å². The van der Waals surface area contributed by atoms with Crippen molar-refractivity contribution in [3.05, 3.63) is 79.9 Å². The Kier molecular flexibility index (Phi) is 7.63. The number of carboxylic acids is 1. The van der Waals surface area contributed by atoms with E-state index in [1.807, 2.05) is 4.90 Å². The lowest BCUT2D eigenvalue weighted by atomic mass is 9.72. The van der Waals surface area contributed by atoms with Crippen molar-refractivity contribution in [3.63, 3.8) is 0 Å². The van der Waals surface area contributed by atoms with Crippen molar-refractivity contribution < 1.29 is 18.7 Å². The topological polar surface area (TPSA) is 128 Å². The number of hydrogen-bond acceptors (Lipinski definition) is 9. The maximum absolute atomic E-state index is 13.8. The fraction of sp³-hybridized carbons (Fsp3) is 0.273. The van der Waals surface area contributed by atoms with Crippen LogP contribution >= 0.6 is 22.9 Å². The van der Waals surface area contributed by atoms with Crippen molar-refractivity contribution in [2.45, 2.75) is 19.9 Å². The molecule has 0 bridgehead atoms. The summed E-state index contributed by atoms with van der Waals surface area (Å²) in [6, 6.07) is 9.15. The highest BCUT2D eigenvalue weighted by Crippen LogP contribution is 2.43. The van der Waals surface area contributed by atoms with E-state index in [0.717, 1.165) is 5.56 Å². The second-order valence-corrected chi connectivity index (χ2v) is 13.1. The van der Waals surface area contributed by atoms with Gasteiger partial charge in [0.2, 0.25) is 0 Å². The molecule has 7 rings (SSSR count). The number of benzene rings is 1. The number of likely N-dealkylation sites (tertiary alicyclic amines) is 1. The predicted molar refractivity (Wildman–Crippen MR) is 174 cm³/mol. The summed E-state index contributed by atoms with van der Waals surface area (Å²) < 4.78 is 27.6. The van der Waals surface area contributed by atoms with Crippen molar-refractivity contribution in [1.29, 1.82) is 5.26 Å². The van der Waals surface area contributed by atoms with E-state index in [-0.39, 0.29) is 35.0 Å².